The summed E-state index contributed by atoms with van der Waals surface area (Å²) >= 11 is 0. The number of rotatable bonds is 3. The second-order valence-electron chi connectivity index (χ2n) is 2.00. The third-order valence-electron chi connectivity index (χ3n) is 1.15. The van der Waals surface area contributed by atoms with Crippen LogP contribution in [0.2, 0.25) is 0 Å². The molecular weight excluding hydrogens is 124 g/mol. The van der Waals surface area contributed by atoms with E-state index >= 15 is 0 Å². The van der Waals surface area contributed by atoms with Gasteiger partial charge in [-0.2, -0.15) is 6.92 Å². The van der Waals surface area contributed by atoms with Crippen molar-refractivity contribution in [3.8, 4) is 0 Å². The molecule has 0 spiro atoms. The van der Waals surface area contributed by atoms with Gasteiger partial charge < -0.3 is 11.7 Å². The zero-order valence-electron chi connectivity index (χ0n) is 6.04. The fourth-order valence-corrected chi connectivity index (χ4v) is 0.674. The maximum Gasteiger partial charge on any atom is 0.123 e. The third kappa shape index (κ3) is 2.05. The molecule has 0 aliphatic carbocycles. The molecule has 1 aromatic rings. The SMILES string of the molecule is C[CH-]CNc1ccccn1. The molecule has 0 bridgehead atoms. The maximum atomic E-state index is 4.09. The Morgan fingerprint density at radius 1 is 1.60 bits per heavy atom. The number of pyridine rings is 1. The first-order valence-corrected chi connectivity index (χ1v) is 3.36. The van der Waals surface area contributed by atoms with Crippen LogP contribution in [0.15, 0.2) is 24.4 Å². The normalized spacial score (nSPS) is 9.30. The van der Waals surface area contributed by atoms with E-state index < -0.39 is 0 Å². The Bertz CT molecular complexity index is 172. The van der Waals surface area contributed by atoms with Crippen LogP contribution in [0, 0.1) is 6.42 Å². The molecule has 0 fully saturated rings. The summed E-state index contributed by atoms with van der Waals surface area (Å²) in [5.74, 6) is 0.931. The highest BCUT2D eigenvalue weighted by molar-refractivity contribution is 5.33. The van der Waals surface area contributed by atoms with E-state index in [1.54, 1.807) is 6.20 Å². The molecule has 2 heteroatoms. The summed E-state index contributed by atoms with van der Waals surface area (Å²) in [6.07, 6.45) is 3.83. The fourth-order valence-electron chi connectivity index (χ4n) is 0.674. The number of nitrogens with zero attached hydrogens (tertiary/aromatic N) is 1. The smallest absolute Gasteiger partial charge is 0.123 e. The maximum absolute atomic E-state index is 4.09. The minimum Gasteiger partial charge on any atom is -0.400 e. The van der Waals surface area contributed by atoms with Gasteiger partial charge in [-0.05, 0) is 12.1 Å². The van der Waals surface area contributed by atoms with Gasteiger partial charge in [0.2, 0.25) is 0 Å². The van der Waals surface area contributed by atoms with Crippen LogP contribution in [0.5, 0.6) is 0 Å². The molecule has 0 aromatic carbocycles. The quantitative estimate of drug-likeness (QED) is 0.638. The van der Waals surface area contributed by atoms with Crippen LogP contribution < -0.4 is 5.32 Å². The van der Waals surface area contributed by atoms with Gasteiger partial charge in [-0.25, -0.2) is 4.98 Å². The number of hydrogen-bond acceptors (Lipinski definition) is 2. The molecule has 0 saturated carbocycles. The molecule has 10 heavy (non-hydrogen) atoms. The van der Waals surface area contributed by atoms with Crippen molar-refractivity contribution in [1.29, 1.82) is 0 Å². The summed E-state index contributed by atoms with van der Waals surface area (Å²) in [7, 11) is 0. The molecule has 0 saturated heterocycles. The number of aromatic nitrogens is 1. The van der Waals surface area contributed by atoms with Crippen molar-refractivity contribution in [3.05, 3.63) is 30.8 Å². The van der Waals surface area contributed by atoms with Gasteiger partial charge in [0, 0.05) is 6.20 Å². The van der Waals surface area contributed by atoms with Gasteiger partial charge in [-0.3, -0.25) is 0 Å². The van der Waals surface area contributed by atoms with E-state index in [-0.39, 0.29) is 0 Å². The van der Waals surface area contributed by atoms with E-state index in [4.69, 9.17) is 0 Å². The minimum atomic E-state index is 0.872. The van der Waals surface area contributed by atoms with Crippen molar-refractivity contribution in [2.24, 2.45) is 0 Å². The molecule has 1 aromatic heterocycles. The van der Waals surface area contributed by atoms with Gasteiger partial charge in [0.1, 0.15) is 5.82 Å². The lowest BCUT2D eigenvalue weighted by atomic mass is 10.4. The molecule has 1 heterocycles. The monoisotopic (exact) mass is 135 g/mol. The van der Waals surface area contributed by atoms with Crippen molar-refractivity contribution < 1.29 is 0 Å². The topological polar surface area (TPSA) is 24.9 Å². The second kappa shape index (κ2) is 3.88. The van der Waals surface area contributed by atoms with Gasteiger partial charge in [-0.15, -0.1) is 6.54 Å². The number of anilines is 1. The molecular formula is C8H11N2-. The van der Waals surface area contributed by atoms with E-state index in [0.29, 0.717) is 0 Å². The van der Waals surface area contributed by atoms with Crippen molar-refractivity contribution >= 4 is 5.82 Å². The first kappa shape index (κ1) is 7.06. The molecule has 0 amide bonds. The lowest BCUT2D eigenvalue weighted by molar-refractivity contribution is 1.16. The average Bonchev–Trinajstić information content (AvgIpc) is 2.03. The fraction of sp³-hybridized carbons (Fsp3) is 0.250. The summed E-state index contributed by atoms with van der Waals surface area (Å²) in [6, 6.07) is 5.81. The molecule has 0 aliphatic rings. The molecule has 2 nitrogen and oxygen atoms in total. The van der Waals surface area contributed by atoms with Crippen LogP contribution in [-0.4, -0.2) is 11.5 Å². The van der Waals surface area contributed by atoms with E-state index in [1.807, 2.05) is 25.1 Å². The lowest BCUT2D eigenvalue weighted by Crippen LogP contribution is -2.01. The average molecular weight is 135 g/mol. The first-order chi connectivity index (χ1) is 4.93. The summed E-state index contributed by atoms with van der Waals surface area (Å²) in [6.45, 7) is 2.88. The highest BCUT2D eigenvalue weighted by Crippen LogP contribution is 1.98. The Labute approximate surface area is 61.3 Å². The first-order valence-electron chi connectivity index (χ1n) is 3.36. The zero-order chi connectivity index (χ0) is 7.23. The van der Waals surface area contributed by atoms with Gasteiger partial charge in [0.25, 0.3) is 0 Å². The number of hydrogen-bond donors (Lipinski definition) is 1. The molecule has 0 aliphatic heterocycles. The van der Waals surface area contributed by atoms with Crippen LogP contribution in [0.4, 0.5) is 5.82 Å². The Hall–Kier alpha value is -1.05. The Kier molecular flexibility index (Phi) is 2.74. The third-order valence-corrected chi connectivity index (χ3v) is 1.15. The van der Waals surface area contributed by atoms with Gasteiger partial charge in [0.15, 0.2) is 0 Å². The van der Waals surface area contributed by atoms with Crippen LogP contribution >= 0.6 is 0 Å². The van der Waals surface area contributed by atoms with Gasteiger partial charge in [-0.1, -0.05) is 6.07 Å². The van der Waals surface area contributed by atoms with Crippen LogP contribution in [0.3, 0.4) is 0 Å². The molecule has 1 rings (SSSR count). The zero-order valence-corrected chi connectivity index (χ0v) is 6.04. The van der Waals surface area contributed by atoms with Crippen molar-refractivity contribution in [2.45, 2.75) is 6.92 Å². The summed E-state index contributed by atoms with van der Waals surface area (Å²) in [5, 5.41) is 3.13. The highest BCUT2D eigenvalue weighted by atomic mass is 15.0. The molecule has 0 radical (unpaired) electrons. The lowest BCUT2D eigenvalue weighted by Gasteiger charge is -2.06. The molecule has 1 N–H and O–H groups in total. The van der Waals surface area contributed by atoms with E-state index in [0.717, 1.165) is 12.4 Å². The van der Waals surface area contributed by atoms with Crippen molar-refractivity contribution in [1.82, 2.24) is 4.98 Å². The molecule has 0 atom stereocenters. The van der Waals surface area contributed by atoms with E-state index in [9.17, 15) is 0 Å². The molecule has 0 unspecified atom stereocenters. The Morgan fingerprint density at radius 2 is 2.50 bits per heavy atom. The van der Waals surface area contributed by atoms with E-state index in [1.165, 1.54) is 0 Å². The largest absolute Gasteiger partial charge is 0.400 e. The van der Waals surface area contributed by atoms with Crippen molar-refractivity contribution in [3.63, 3.8) is 0 Å². The number of nitrogens with one attached hydrogen (secondary N) is 1. The Balaban J connectivity index is 2.43. The minimum absolute atomic E-state index is 0.872. The van der Waals surface area contributed by atoms with Crippen LogP contribution in [0.25, 0.3) is 0 Å². The summed E-state index contributed by atoms with van der Waals surface area (Å²) in [5.41, 5.74) is 0. The van der Waals surface area contributed by atoms with Crippen molar-refractivity contribution in [2.75, 3.05) is 11.9 Å². The van der Waals surface area contributed by atoms with Crippen LogP contribution in [0.1, 0.15) is 6.92 Å². The molecule has 54 valence electrons. The highest BCUT2D eigenvalue weighted by Gasteiger charge is 1.82. The predicted octanol–water partition coefficient (Wildman–Crippen LogP) is 1.72. The van der Waals surface area contributed by atoms with E-state index in [2.05, 4.69) is 16.7 Å². The standard InChI is InChI=1S/C8H11N2/c1-2-6-9-8-5-3-4-7-10-8/h2-5,7H,6H2,1H3,(H,9,10)/q-1. The Morgan fingerprint density at radius 3 is 3.10 bits per heavy atom. The van der Waals surface area contributed by atoms with Gasteiger partial charge in [0.05, 0.1) is 0 Å². The predicted molar refractivity (Wildman–Crippen MR) is 42.7 cm³/mol. The summed E-state index contributed by atoms with van der Waals surface area (Å²) in [4.78, 5) is 4.09. The second-order valence-corrected chi connectivity index (χ2v) is 2.00. The van der Waals surface area contributed by atoms with Crippen LogP contribution in [-0.2, 0) is 0 Å². The summed E-state index contributed by atoms with van der Waals surface area (Å²) < 4.78 is 0. The van der Waals surface area contributed by atoms with Gasteiger partial charge >= 0.3 is 0 Å².